The van der Waals surface area contributed by atoms with Crippen molar-refractivity contribution < 1.29 is 4.92 Å². The van der Waals surface area contributed by atoms with E-state index in [-0.39, 0.29) is 11.6 Å². The van der Waals surface area contributed by atoms with E-state index in [9.17, 15) is 10.1 Å². The Morgan fingerprint density at radius 3 is 2.72 bits per heavy atom. The third kappa shape index (κ3) is 1.59. The number of thiazole rings is 1. The van der Waals surface area contributed by atoms with Crippen molar-refractivity contribution in [1.29, 1.82) is 0 Å². The van der Waals surface area contributed by atoms with Crippen LogP contribution in [0.1, 0.15) is 0 Å². The first-order valence-electron chi connectivity index (χ1n) is 5.00. The van der Waals surface area contributed by atoms with Gasteiger partial charge in [-0.25, -0.2) is 4.52 Å². The number of hydrogen-bond donors (Lipinski definition) is 1. The van der Waals surface area contributed by atoms with Gasteiger partial charge in [0.05, 0.1) is 10.6 Å². The van der Waals surface area contributed by atoms with Crippen molar-refractivity contribution in [2.75, 3.05) is 5.73 Å². The minimum absolute atomic E-state index is 0.0586. The molecule has 0 radical (unpaired) electrons. The van der Waals surface area contributed by atoms with Crippen LogP contribution in [0.4, 0.5) is 11.6 Å². The summed E-state index contributed by atoms with van der Waals surface area (Å²) < 4.78 is 1.63. The number of aromatic nitrogens is 3. The number of anilines is 1. The van der Waals surface area contributed by atoms with E-state index in [1.165, 1.54) is 23.5 Å². The number of nitrogens with two attached hydrogens (primary N) is 1. The second-order valence-electron chi connectivity index (χ2n) is 3.59. The van der Waals surface area contributed by atoms with Crippen molar-refractivity contribution in [1.82, 2.24) is 14.6 Å². The zero-order chi connectivity index (χ0) is 12.7. The molecule has 0 aliphatic carbocycles. The monoisotopic (exact) mass is 261 g/mol. The third-order valence-corrected chi connectivity index (χ3v) is 3.29. The van der Waals surface area contributed by atoms with E-state index in [1.54, 1.807) is 16.6 Å². The summed E-state index contributed by atoms with van der Waals surface area (Å²) in [5.41, 5.74) is 7.22. The fourth-order valence-electron chi connectivity index (χ4n) is 1.65. The van der Waals surface area contributed by atoms with E-state index in [1.807, 2.05) is 5.38 Å². The number of benzene rings is 1. The Balaban J connectivity index is 2.11. The van der Waals surface area contributed by atoms with Crippen LogP contribution in [0.3, 0.4) is 0 Å². The quantitative estimate of drug-likeness (QED) is 0.561. The minimum Gasteiger partial charge on any atom is -0.366 e. The highest BCUT2D eigenvalue weighted by molar-refractivity contribution is 7.15. The fraction of sp³-hybridized carbons (Fsp3) is 0. The van der Waals surface area contributed by atoms with Crippen LogP contribution in [0.2, 0.25) is 0 Å². The fourth-order valence-corrected chi connectivity index (χ4v) is 2.49. The number of rotatable bonds is 2. The zero-order valence-electron chi connectivity index (χ0n) is 8.98. The molecular weight excluding hydrogens is 254 g/mol. The van der Waals surface area contributed by atoms with Crippen LogP contribution in [0.25, 0.3) is 16.2 Å². The SMILES string of the molecule is Nc1nc2scc(-c3ccc([N+](=O)[O-])cc3)n2n1. The Morgan fingerprint density at radius 2 is 2.06 bits per heavy atom. The maximum absolute atomic E-state index is 10.6. The summed E-state index contributed by atoms with van der Waals surface area (Å²) >= 11 is 1.42. The smallest absolute Gasteiger partial charge is 0.269 e. The van der Waals surface area contributed by atoms with Crippen LogP contribution in [-0.2, 0) is 0 Å². The lowest BCUT2D eigenvalue weighted by atomic mass is 10.1. The molecule has 1 aromatic carbocycles. The molecule has 90 valence electrons. The molecule has 0 atom stereocenters. The number of nitro groups is 1. The van der Waals surface area contributed by atoms with Crippen molar-refractivity contribution >= 4 is 27.9 Å². The topological polar surface area (TPSA) is 99.3 Å². The molecule has 0 aliphatic rings. The van der Waals surface area contributed by atoms with Crippen molar-refractivity contribution in [3.05, 3.63) is 39.8 Å². The van der Waals surface area contributed by atoms with Gasteiger partial charge in [-0.2, -0.15) is 4.98 Å². The average molecular weight is 261 g/mol. The minimum atomic E-state index is -0.430. The number of non-ortho nitro benzene ring substituents is 1. The standard InChI is InChI=1S/C10H7N5O2S/c11-9-12-10-14(13-9)8(5-18-10)6-1-3-7(4-2-6)15(16)17/h1-5H,(H2,11,13). The Morgan fingerprint density at radius 1 is 1.33 bits per heavy atom. The molecule has 0 bridgehead atoms. The van der Waals surface area contributed by atoms with Gasteiger partial charge in [-0.05, 0) is 12.1 Å². The molecule has 8 heteroatoms. The van der Waals surface area contributed by atoms with Gasteiger partial charge in [0.25, 0.3) is 5.69 Å². The highest BCUT2D eigenvalue weighted by atomic mass is 32.1. The highest BCUT2D eigenvalue weighted by Gasteiger charge is 2.11. The highest BCUT2D eigenvalue weighted by Crippen LogP contribution is 2.26. The Hall–Kier alpha value is -2.48. The summed E-state index contributed by atoms with van der Waals surface area (Å²) in [5.74, 6) is 0.213. The van der Waals surface area contributed by atoms with E-state index in [2.05, 4.69) is 10.1 Å². The maximum atomic E-state index is 10.6. The molecule has 0 saturated heterocycles. The zero-order valence-corrected chi connectivity index (χ0v) is 9.79. The van der Waals surface area contributed by atoms with Gasteiger partial charge in [0.15, 0.2) is 0 Å². The second kappa shape index (κ2) is 3.77. The molecule has 0 unspecified atom stereocenters. The van der Waals surface area contributed by atoms with Gasteiger partial charge in [0.2, 0.25) is 10.9 Å². The number of nitrogen functional groups attached to an aromatic ring is 1. The molecule has 2 N–H and O–H groups in total. The number of nitrogens with zero attached hydrogens (tertiary/aromatic N) is 4. The van der Waals surface area contributed by atoms with E-state index in [0.717, 1.165) is 11.3 Å². The third-order valence-electron chi connectivity index (χ3n) is 2.47. The molecule has 2 aromatic heterocycles. The summed E-state index contributed by atoms with van der Waals surface area (Å²) in [6.07, 6.45) is 0. The van der Waals surface area contributed by atoms with Gasteiger partial charge in [-0.1, -0.05) is 0 Å². The van der Waals surface area contributed by atoms with E-state index in [0.29, 0.717) is 4.96 Å². The lowest BCUT2D eigenvalue weighted by molar-refractivity contribution is -0.384. The summed E-state index contributed by atoms with van der Waals surface area (Å²) in [7, 11) is 0. The summed E-state index contributed by atoms with van der Waals surface area (Å²) in [4.78, 5) is 14.9. The van der Waals surface area contributed by atoms with E-state index in [4.69, 9.17) is 5.73 Å². The molecule has 3 aromatic rings. The summed E-state index contributed by atoms with van der Waals surface area (Å²) in [6.45, 7) is 0. The Bertz CT molecular complexity index is 730. The maximum Gasteiger partial charge on any atom is 0.269 e. The van der Waals surface area contributed by atoms with Gasteiger partial charge in [0.1, 0.15) is 0 Å². The summed E-state index contributed by atoms with van der Waals surface area (Å²) in [6, 6.07) is 6.27. The van der Waals surface area contributed by atoms with Crippen LogP contribution in [0, 0.1) is 10.1 Å². The normalized spacial score (nSPS) is 10.9. The first-order chi connectivity index (χ1) is 8.65. The van der Waals surface area contributed by atoms with Crippen molar-refractivity contribution in [2.45, 2.75) is 0 Å². The van der Waals surface area contributed by atoms with Gasteiger partial charge >= 0.3 is 0 Å². The first-order valence-corrected chi connectivity index (χ1v) is 5.87. The molecule has 0 amide bonds. The molecule has 0 fully saturated rings. The lowest BCUT2D eigenvalue weighted by Crippen LogP contribution is -1.92. The van der Waals surface area contributed by atoms with Crippen molar-refractivity contribution in [3.63, 3.8) is 0 Å². The van der Waals surface area contributed by atoms with Gasteiger partial charge in [0, 0.05) is 23.1 Å². The van der Waals surface area contributed by atoms with Gasteiger partial charge < -0.3 is 5.73 Å². The van der Waals surface area contributed by atoms with Gasteiger partial charge in [-0.15, -0.1) is 16.4 Å². The van der Waals surface area contributed by atoms with Crippen molar-refractivity contribution in [2.24, 2.45) is 0 Å². The molecule has 0 aliphatic heterocycles. The largest absolute Gasteiger partial charge is 0.366 e. The van der Waals surface area contributed by atoms with E-state index >= 15 is 0 Å². The van der Waals surface area contributed by atoms with Crippen LogP contribution in [0.15, 0.2) is 29.6 Å². The summed E-state index contributed by atoms with van der Waals surface area (Å²) in [5, 5.41) is 16.5. The molecule has 3 rings (SSSR count). The van der Waals surface area contributed by atoms with Crippen LogP contribution in [0.5, 0.6) is 0 Å². The second-order valence-corrected chi connectivity index (χ2v) is 4.43. The van der Waals surface area contributed by atoms with Crippen LogP contribution in [-0.4, -0.2) is 19.5 Å². The lowest BCUT2D eigenvalue weighted by Gasteiger charge is -1.98. The molecule has 7 nitrogen and oxygen atoms in total. The van der Waals surface area contributed by atoms with Crippen LogP contribution < -0.4 is 5.73 Å². The number of fused-ring (bicyclic) bond motifs is 1. The van der Waals surface area contributed by atoms with E-state index < -0.39 is 4.92 Å². The number of hydrogen-bond acceptors (Lipinski definition) is 6. The average Bonchev–Trinajstić information content (AvgIpc) is 2.88. The molecular formula is C10H7N5O2S. The molecule has 2 heterocycles. The van der Waals surface area contributed by atoms with Gasteiger partial charge in [-0.3, -0.25) is 10.1 Å². The number of nitro benzene ring substituents is 1. The first kappa shape index (κ1) is 10.7. The molecule has 0 saturated carbocycles. The molecule has 18 heavy (non-hydrogen) atoms. The predicted octanol–water partition coefficient (Wildman–Crippen LogP) is 1.95. The van der Waals surface area contributed by atoms with Crippen LogP contribution >= 0.6 is 11.3 Å². The van der Waals surface area contributed by atoms with Crippen molar-refractivity contribution in [3.8, 4) is 11.3 Å². The molecule has 0 spiro atoms. The Kier molecular flexibility index (Phi) is 2.23. The predicted molar refractivity (Wildman–Crippen MR) is 67.4 cm³/mol. The Labute approximate surface area is 105 Å².